The van der Waals surface area contributed by atoms with E-state index >= 15 is 0 Å². The lowest BCUT2D eigenvalue weighted by Crippen LogP contribution is -2.35. The molecule has 0 radical (unpaired) electrons. The molecule has 20 heavy (non-hydrogen) atoms. The highest BCUT2D eigenvalue weighted by Gasteiger charge is 2.32. The summed E-state index contributed by atoms with van der Waals surface area (Å²) in [5, 5.41) is 14.4. The Morgan fingerprint density at radius 1 is 1.35 bits per heavy atom. The fourth-order valence-corrected chi connectivity index (χ4v) is 3.55. The van der Waals surface area contributed by atoms with Gasteiger partial charge in [-0.1, -0.05) is 26.8 Å². The largest absolute Gasteiger partial charge is 0.382 e. The predicted octanol–water partition coefficient (Wildman–Crippen LogP) is 4.53. The molecule has 0 aromatic heterocycles. The number of rotatable bonds is 3. The quantitative estimate of drug-likeness (QED) is 0.652. The first kappa shape index (κ1) is 14.8. The molecule has 4 heteroatoms. The Balaban J connectivity index is 2.17. The van der Waals surface area contributed by atoms with E-state index in [1.54, 1.807) is 12.1 Å². The van der Waals surface area contributed by atoms with Gasteiger partial charge in [-0.25, -0.2) is 0 Å². The molecule has 0 bridgehead atoms. The van der Waals surface area contributed by atoms with Crippen molar-refractivity contribution in [3.8, 4) is 0 Å². The van der Waals surface area contributed by atoms with E-state index in [-0.39, 0.29) is 10.6 Å². The van der Waals surface area contributed by atoms with Crippen molar-refractivity contribution in [1.29, 1.82) is 0 Å². The number of benzene rings is 1. The normalized spacial score (nSPS) is 25.2. The summed E-state index contributed by atoms with van der Waals surface area (Å²) in [6, 6.07) is 5.43. The number of aryl methyl sites for hydroxylation is 1. The average Bonchev–Trinajstić information content (AvgIpc) is 2.28. The van der Waals surface area contributed by atoms with E-state index in [1.807, 2.05) is 13.0 Å². The van der Waals surface area contributed by atoms with Crippen LogP contribution in [0.5, 0.6) is 0 Å². The average molecular weight is 276 g/mol. The lowest BCUT2D eigenvalue weighted by molar-refractivity contribution is -0.384. The minimum atomic E-state index is -0.335. The second-order valence-electron chi connectivity index (χ2n) is 7.01. The maximum atomic E-state index is 10.9. The third-order valence-corrected chi connectivity index (χ3v) is 4.18. The van der Waals surface area contributed by atoms with E-state index in [9.17, 15) is 10.1 Å². The second-order valence-corrected chi connectivity index (χ2v) is 7.01. The smallest absolute Gasteiger partial charge is 0.271 e. The van der Waals surface area contributed by atoms with Gasteiger partial charge in [0, 0.05) is 23.9 Å². The van der Waals surface area contributed by atoms with Crippen LogP contribution in [0, 0.1) is 28.4 Å². The zero-order valence-corrected chi connectivity index (χ0v) is 12.8. The van der Waals surface area contributed by atoms with Crippen molar-refractivity contribution < 1.29 is 4.92 Å². The molecule has 4 nitrogen and oxygen atoms in total. The Hall–Kier alpha value is -1.58. The first-order valence-corrected chi connectivity index (χ1v) is 7.28. The highest BCUT2D eigenvalue weighted by atomic mass is 16.6. The molecular weight excluding hydrogens is 252 g/mol. The summed E-state index contributed by atoms with van der Waals surface area (Å²) in [6.45, 7) is 8.88. The molecule has 0 aliphatic heterocycles. The van der Waals surface area contributed by atoms with Crippen molar-refractivity contribution in [2.45, 2.75) is 53.0 Å². The van der Waals surface area contributed by atoms with E-state index in [2.05, 4.69) is 26.1 Å². The van der Waals surface area contributed by atoms with Crippen LogP contribution in [0.1, 0.15) is 45.6 Å². The molecule has 0 spiro atoms. The van der Waals surface area contributed by atoms with Gasteiger partial charge in [0.15, 0.2) is 0 Å². The Labute approximate surface area is 120 Å². The van der Waals surface area contributed by atoms with Crippen LogP contribution in [0.4, 0.5) is 11.4 Å². The maximum Gasteiger partial charge on any atom is 0.271 e. The number of hydrogen-bond donors (Lipinski definition) is 1. The molecule has 0 saturated heterocycles. The fraction of sp³-hybridized carbons (Fsp3) is 0.625. The second kappa shape index (κ2) is 5.43. The maximum absolute atomic E-state index is 10.9. The summed E-state index contributed by atoms with van der Waals surface area (Å²) in [5.74, 6) is 0.690. The third-order valence-electron chi connectivity index (χ3n) is 4.18. The summed E-state index contributed by atoms with van der Waals surface area (Å²) < 4.78 is 0. The van der Waals surface area contributed by atoms with Crippen molar-refractivity contribution in [3.63, 3.8) is 0 Å². The minimum Gasteiger partial charge on any atom is -0.382 e. The van der Waals surface area contributed by atoms with Crippen LogP contribution in [0.3, 0.4) is 0 Å². The number of anilines is 1. The Kier molecular flexibility index (Phi) is 4.02. The summed E-state index contributed by atoms with van der Waals surface area (Å²) in [6.07, 6.45) is 3.49. The van der Waals surface area contributed by atoms with E-state index in [4.69, 9.17) is 0 Å². The van der Waals surface area contributed by atoms with Crippen LogP contribution < -0.4 is 5.32 Å². The zero-order valence-electron chi connectivity index (χ0n) is 12.8. The van der Waals surface area contributed by atoms with Gasteiger partial charge in [-0.3, -0.25) is 10.1 Å². The molecule has 1 fully saturated rings. The van der Waals surface area contributed by atoms with Crippen LogP contribution in [-0.2, 0) is 0 Å². The predicted molar refractivity (Wildman–Crippen MR) is 82.0 cm³/mol. The minimum absolute atomic E-state index is 0.154. The third kappa shape index (κ3) is 3.50. The van der Waals surface area contributed by atoms with Gasteiger partial charge in [0.2, 0.25) is 0 Å². The van der Waals surface area contributed by atoms with Crippen molar-refractivity contribution in [3.05, 3.63) is 33.9 Å². The number of nitro groups is 1. The van der Waals surface area contributed by atoms with Crippen molar-refractivity contribution >= 4 is 11.4 Å². The monoisotopic (exact) mass is 276 g/mol. The first-order chi connectivity index (χ1) is 9.27. The molecule has 110 valence electrons. The van der Waals surface area contributed by atoms with Gasteiger partial charge in [0.25, 0.3) is 5.69 Å². The van der Waals surface area contributed by atoms with Crippen LogP contribution in [-0.4, -0.2) is 11.0 Å². The molecule has 2 unspecified atom stereocenters. The van der Waals surface area contributed by atoms with Gasteiger partial charge < -0.3 is 5.32 Å². The standard InChI is InChI=1S/C16H24N2O2/c1-11-7-13(10-16(3,4)9-11)17-15-8-14(18(19)20)6-5-12(15)2/h5-6,8,11,13,17H,7,9-10H2,1-4H3. The molecule has 0 heterocycles. The van der Waals surface area contributed by atoms with Crippen molar-refractivity contribution in [2.24, 2.45) is 11.3 Å². The van der Waals surface area contributed by atoms with Crippen molar-refractivity contribution in [2.75, 3.05) is 5.32 Å². The lowest BCUT2D eigenvalue weighted by atomic mass is 9.70. The highest BCUT2D eigenvalue weighted by Crippen LogP contribution is 2.40. The molecule has 2 atom stereocenters. The van der Waals surface area contributed by atoms with Gasteiger partial charge in [-0.15, -0.1) is 0 Å². The van der Waals surface area contributed by atoms with Crippen LogP contribution in [0.2, 0.25) is 0 Å². The van der Waals surface area contributed by atoms with Gasteiger partial charge in [0.1, 0.15) is 0 Å². The molecule has 1 N–H and O–H groups in total. The van der Waals surface area contributed by atoms with Crippen LogP contribution >= 0.6 is 0 Å². The molecule has 0 amide bonds. The van der Waals surface area contributed by atoms with Crippen molar-refractivity contribution in [1.82, 2.24) is 0 Å². The SMILES string of the molecule is Cc1ccc([N+](=O)[O-])cc1NC1CC(C)CC(C)(C)C1. The van der Waals surface area contributed by atoms with E-state index in [1.165, 1.54) is 6.42 Å². The summed E-state index contributed by atoms with van der Waals surface area (Å²) in [4.78, 5) is 10.6. The first-order valence-electron chi connectivity index (χ1n) is 7.28. The Morgan fingerprint density at radius 3 is 2.65 bits per heavy atom. The Bertz CT molecular complexity index is 511. The number of nitrogens with one attached hydrogen (secondary N) is 1. The fourth-order valence-electron chi connectivity index (χ4n) is 3.55. The topological polar surface area (TPSA) is 55.2 Å². The zero-order chi connectivity index (χ0) is 14.9. The van der Waals surface area contributed by atoms with E-state index in [0.717, 1.165) is 24.1 Å². The van der Waals surface area contributed by atoms with Crippen LogP contribution in [0.25, 0.3) is 0 Å². The summed E-state index contributed by atoms with van der Waals surface area (Å²) >= 11 is 0. The lowest BCUT2D eigenvalue weighted by Gasteiger charge is -2.39. The van der Waals surface area contributed by atoms with Gasteiger partial charge in [-0.2, -0.15) is 0 Å². The number of hydrogen-bond acceptors (Lipinski definition) is 3. The highest BCUT2D eigenvalue weighted by molar-refractivity contribution is 5.57. The molecule has 1 aliphatic carbocycles. The Morgan fingerprint density at radius 2 is 2.05 bits per heavy atom. The van der Waals surface area contributed by atoms with E-state index in [0.29, 0.717) is 17.4 Å². The number of nitro benzene ring substituents is 1. The van der Waals surface area contributed by atoms with Gasteiger partial charge in [0.05, 0.1) is 4.92 Å². The molecular formula is C16H24N2O2. The molecule has 1 aromatic rings. The van der Waals surface area contributed by atoms with Gasteiger partial charge in [-0.05, 0) is 43.1 Å². The molecule has 1 aromatic carbocycles. The summed E-state index contributed by atoms with van der Waals surface area (Å²) in [7, 11) is 0. The van der Waals surface area contributed by atoms with Crippen LogP contribution in [0.15, 0.2) is 18.2 Å². The number of non-ortho nitro benzene ring substituents is 1. The molecule has 2 rings (SSSR count). The number of nitrogens with zero attached hydrogens (tertiary/aromatic N) is 1. The molecule has 1 saturated carbocycles. The molecule has 1 aliphatic rings. The van der Waals surface area contributed by atoms with E-state index < -0.39 is 0 Å². The summed E-state index contributed by atoms with van der Waals surface area (Å²) in [5.41, 5.74) is 2.45. The van der Waals surface area contributed by atoms with Gasteiger partial charge >= 0.3 is 0 Å².